The van der Waals surface area contributed by atoms with E-state index in [-0.39, 0.29) is 30.6 Å². The average molecular weight is 339 g/mol. The first-order valence-electron chi connectivity index (χ1n) is 7.88. The van der Waals surface area contributed by atoms with Crippen molar-refractivity contribution < 1.29 is 18.8 Å². The fourth-order valence-electron chi connectivity index (χ4n) is 2.19. The van der Waals surface area contributed by atoms with E-state index in [1.807, 2.05) is 20.8 Å². The summed E-state index contributed by atoms with van der Waals surface area (Å²) in [5, 5.41) is 6.72. The highest BCUT2D eigenvalue weighted by Crippen LogP contribution is 2.21. The zero-order valence-electron chi connectivity index (χ0n) is 14.8. The number of nitrogens with zero attached hydrogens (tertiary/aromatic N) is 4. The van der Waals surface area contributed by atoms with Crippen molar-refractivity contribution in [1.29, 1.82) is 0 Å². The van der Waals surface area contributed by atoms with Crippen LogP contribution in [0.15, 0.2) is 4.52 Å². The van der Waals surface area contributed by atoms with Gasteiger partial charge in [-0.25, -0.2) is 4.79 Å². The normalized spacial score (nSPS) is 16.6. The molecule has 1 unspecified atom stereocenters. The van der Waals surface area contributed by atoms with Gasteiger partial charge in [-0.3, -0.25) is 9.69 Å². The van der Waals surface area contributed by atoms with E-state index in [2.05, 4.69) is 15.5 Å². The Kier molecular flexibility index (Phi) is 5.43. The van der Waals surface area contributed by atoms with Crippen molar-refractivity contribution in [1.82, 2.24) is 25.3 Å². The summed E-state index contributed by atoms with van der Waals surface area (Å²) < 4.78 is 10.2. The SMILES string of the molecule is COCCN1CN(C(=O)NC(C)c2nc(C(C)(C)C)no2)CC1=O. The monoisotopic (exact) mass is 339 g/mol. The number of hydrogen-bond acceptors (Lipinski definition) is 6. The second kappa shape index (κ2) is 7.16. The van der Waals surface area contributed by atoms with Gasteiger partial charge in [-0.05, 0) is 6.92 Å². The fraction of sp³-hybridized carbons (Fsp3) is 0.733. The van der Waals surface area contributed by atoms with Crippen molar-refractivity contribution in [3.05, 3.63) is 11.7 Å². The van der Waals surface area contributed by atoms with Gasteiger partial charge in [0.05, 0.1) is 13.3 Å². The molecule has 3 amide bonds. The Morgan fingerprint density at radius 2 is 2.17 bits per heavy atom. The highest BCUT2D eigenvalue weighted by molar-refractivity contribution is 5.87. The summed E-state index contributed by atoms with van der Waals surface area (Å²) in [6, 6.07) is -0.782. The van der Waals surface area contributed by atoms with Crippen LogP contribution in [0.1, 0.15) is 45.5 Å². The largest absolute Gasteiger partial charge is 0.383 e. The summed E-state index contributed by atoms with van der Waals surface area (Å²) in [5.74, 6) is 0.832. The lowest BCUT2D eigenvalue weighted by Gasteiger charge is -2.19. The predicted octanol–water partition coefficient (Wildman–Crippen LogP) is 0.886. The highest BCUT2D eigenvalue weighted by Gasteiger charge is 2.32. The number of aromatic nitrogens is 2. The smallest absolute Gasteiger partial charge is 0.319 e. The molecule has 0 aliphatic carbocycles. The molecule has 1 aromatic heterocycles. The predicted molar refractivity (Wildman–Crippen MR) is 85.1 cm³/mol. The zero-order chi connectivity index (χ0) is 17.9. The molecule has 1 N–H and O–H groups in total. The highest BCUT2D eigenvalue weighted by atomic mass is 16.5. The van der Waals surface area contributed by atoms with E-state index in [0.29, 0.717) is 24.9 Å². The number of nitrogens with one attached hydrogen (secondary N) is 1. The Hall–Kier alpha value is -2.16. The molecule has 0 saturated carbocycles. The minimum atomic E-state index is -0.441. The summed E-state index contributed by atoms with van der Waals surface area (Å²) in [7, 11) is 1.57. The topological polar surface area (TPSA) is 101 Å². The number of carbonyl (C=O) groups excluding carboxylic acids is 2. The number of methoxy groups -OCH3 is 1. The third-order valence-electron chi connectivity index (χ3n) is 3.70. The maximum atomic E-state index is 12.3. The lowest BCUT2D eigenvalue weighted by atomic mass is 9.96. The molecule has 1 aromatic rings. The van der Waals surface area contributed by atoms with Crippen LogP contribution < -0.4 is 5.32 Å². The van der Waals surface area contributed by atoms with Gasteiger partial charge in [0.2, 0.25) is 11.8 Å². The second-order valence-electron chi connectivity index (χ2n) is 6.87. The van der Waals surface area contributed by atoms with Crippen LogP contribution in [-0.4, -0.2) is 65.4 Å². The fourth-order valence-corrected chi connectivity index (χ4v) is 2.19. The van der Waals surface area contributed by atoms with E-state index in [9.17, 15) is 9.59 Å². The molecule has 1 fully saturated rings. The van der Waals surface area contributed by atoms with Crippen molar-refractivity contribution >= 4 is 11.9 Å². The van der Waals surface area contributed by atoms with Crippen molar-refractivity contribution in [3.8, 4) is 0 Å². The third-order valence-corrected chi connectivity index (χ3v) is 3.70. The molecule has 0 bridgehead atoms. The Balaban J connectivity index is 1.92. The molecule has 0 spiro atoms. The average Bonchev–Trinajstić information content (AvgIpc) is 3.11. The van der Waals surface area contributed by atoms with Crippen LogP contribution in [-0.2, 0) is 14.9 Å². The zero-order valence-corrected chi connectivity index (χ0v) is 14.8. The van der Waals surface area contributed by atoms with Gasteiger partial charge in [0.15, 0.2) is 5.82 Å². The summed E-state index contributed by atoms with van der Waals surface area (Å²) in [6.45, 7) is 8.91. The number of ether oxygens (including phenoxy) is 1. The summed E-state index contributed by atoms with van der Waals surface area (Å²) >= 11 is 0. The molecule has 1 aliphatic heterocycles. The Labute approximate surface area is 141 Å². The lowest BCUT2D eigenvalue weighted by Crippen LogP contribution is -2.41. The van der Waals surface area contributed by atoms with Crippen molar-refractivity contribution in [2.75, 3.05) is 33.5 Å². The number of hydrogen-bond donors (Lipinski definition) is 1. The summed E-state index contributed by atoms with van der Waals surface area (Å²) in [6.07, 6.45) is 0. The molecule has 2 heterocycles. The van der Waals surface area contributed by atoms with Gasteiger partial charge in [0.25, 0.3) is 0 Å². The molecular weight excluding hydrogens is 314 g/mol. The molecule has 2 rings (SSSR count). The Bertz CT molecular complexity index is 595. The minimum absolute atomic E-state index is 0.0549. The molecule has 24 heavy (non-hydrogen) atoms. The maximum absolute atomic E-state index is 12.3. The first-order valence-corrected chi connectivity index (χ1v) is 7.88. The summed E-state index contributed by atoms with van der Waals surface area (Å²) in [4.78, 5) is 31.5. The Morgan fingerprint density at radius 1 is 1.46 bits per heavy atom. The van der Waals surface area contributed by atoms with E-state index in [1.54, 1.807) is 18.9 Å². The Morgan fingerprint density at radius 3 is 2.75 bits per heavy atom. The molecule has 1 atom stereocenters. The number of amides is 3. The van der Waals surface area contributed by atoms with Gasteiger partial charge < -0.3 is 19.5 Å². The molecular formula is C15H25N5O4. The second-order valence-corrected chi connectivity index (χ2v) is 6.87. The molecule has 9 nitrogen and oxygen atoms in total. The van der Waals surface area contributed by atoms with Crippen LogP contribution in [0, 0.1) is 0 Å². The third kappa shape index (κ3) is 4.22. The van der Waals surface area contributed by atoms with Gasteiger partial charge in [-0.15, -0.1) is 0 Å². The van der Waals surface area contributed by atoms with E-state index in [4.69, 9.17) is 9.26 Å². The van der Waals surface area contributed by atoms with Gasteiger partial charge >= 0.3 is 6.03 Å². The van der Waals surface area contributed by atoms with Crippen LogP contribution >= 0.6 is 0 Å². The lowest BCUT2D eigenvalue weighted by molar-refractivity contribution is -0.127. The first kappa shape index (κ1) is 18.2. The molecule has 0 radical (unpaired) electrons. The van der Waals surface area contributed by atoms with Crippen molar-refractivity contribution in [2.45, 2.75) is 39.2 Å². The van der Waals surface area contributed by atoms with Gasteiger partial charge in [0.1, 0.15) is 12.6 Å². The molecule has 0 aromatic carbocycles. The maximum Gasteiger partial charge on any atom is 0.319 e. The number of urea groups is 1. The van der Waals surface area contributed by atoms with Crippen LogP contribution in [0.2, 0.25) is 0 Å². The van der Waals surface area contributed by atoms with Crippen LogP contribution in [0.4, 0.5) is 4.79 Å². The quantitative estimate of drug-likeness (QED) is 0.855. The van der Waals surface area contributed by atoms with Crippen LogP contribution in [0.5, 0.6) is 0 Å². The van der Waals surface area contributed by atoms with Crippen molar-refractivity contribution in [2.24, 2.45) is 0 Å². The van der Waals surface area contributed by atoms with Gasteiger partial charge in [0, 0.05) is 19.1 Å². The number of carbonyl (C=O) groups is 2. The first-order chi connectivity index (χ1) is 11.2. The van der Waals surface area contributed by atoms with E-state index in [0.717, 1.165) is 0 Å². The van der Waals surface area contributed by atoms with Crippen LogP contribution in [0.25, 0.3) is 0 Å². The minimum Gasteiger partial charge on any atom is -0.383 e. The molecule has 1 aliphatic rings. The van der Waals surface area contributed by atoms with E-state index < -0.39 is 6.04 Å². The van der Waals surface area contributed by atoms with E-state index in [1.165, 1.54) is 4.90 Å². The van der Waals surface area contributed by atoms with Crippen LogP contribution in [0.3, 0.4) is 0 Å². The number of rotatable bonds is 5. The molecule has 134 valence electrons. The van der Waals surface area contributed by atoms with E-state index >= 15 is 0 Å². The standard InChI is InChI=1S/C15H25N5O4/c1-10(12-17-13(18-24-12)15(2,3)4)16-14(22)20-8-11(21)19(9-20)6-7-23-5/h10H,6-9H2,1-5H3,(H,16,22). The molecule has 1 saturated heterocycles. The van der Waals surface area contributed by atoms with Crippen molar-refractivity contribution in [3.63, 3.8) is 0 Å². The van der Waals surface area contributed by atoms with Gasteiger partial charge in [-0.2, -0.15) is 4.98 Å². The summed E-state index contributed by atoms with van der Waals surface area (Å²) in [5.41, 5.74) is -0.227. The molecule has 9 heteroatoms. The van der Waals surface area contributed by atoms with Gasteiger partial charge in [-0.1, -0.05) is 25.9 Å².